The van der Waals surface area contributed by atoms with Crippen LogP contribution < -0.4 is 14.8 Å². The lowest BCUT2D eigenvalue weighted by atomic mass is 9.84. The quantitative estimate of drug-likeness (QED) is 0.575. The van der Waals surface area contributed by atoms with Crippen LogP contribution in [-0.4, -0.2) is 24.7 Å². The minimum atomic E-state index is -0.800. The molecule has 6 heteroatoms. The first-order valence-electron chi connectivity index (χ1n) is 8.73. The van der Waals surface area contributed by atoms with Gasteiger partial charge in [0.2, 0.25) is 12.7 Å². The molecule has 3 rings (SSSR count). The molecule has 27 heavy (non-hydrogen) atoms. The molecule has 1 N–H and O–H groups in total. The number of ether oxygens (including phenoxy) is 2. The number of amides is 1. The van der Waals surface area contributed by atoms with Crippen molar-refractivity contribution < 1.29 is 19.1 Å². The van der Waals surface area contributed by atoms with Gasteiger partial charge in [-0.05, 0) is 36.1 Å². The number of carbonyl (C=O) groups excluding carboxylic acids is 2. The number of hydrogen-bond donors (Lipinski definition) is 1. The van der Waals surface area contributed by atoms with E-state index >= 15 is 0 Å². The Morgan fingerprint density at radius 3 is 2.48 bits per heavy atom. The second-order valence-electron chi connectivity index (χ2n) is 7.08. The molecule has 1 aliphatic rings. The molecule has 1 aliphatic heterocycles. The van der Waals surface area contributed by atoms with Crippen LogP contribution in [0.5, 0.6) is 11.5 Å². The molecule has 1 heterocycles. The van der Waals surface area contributed by atoms with E-state index in [1.54, 1.807) is 25.6 Å². The topological polar surface area (TPSA) is 64.6 Å². The van der Waals surface area contributed by atoms with Crippen LogP contribution in [0.15, 0.2) is 47.4 Å². The highest BCUT2D eigenvalue weighted by Crippen LogP contribution is 2.32. The zero-order chi connectivity index (χ0) is 19.4. The van der Waals surface area contributed by atoms with Crippen molar-refractivity contribution in [2.75, 3.05) is 13.0 Å². The summed E-state index contributed by atoms with van der Waals surface area (Å²) in [6.45, 7) is 4.17. The Bertz CT molecular complexity index is 846. The predicted molar refractivity (Wildman–Crippen MR) is 105 cm³/mol. The van der Waals surface area contributed by atoms with E-state index in [4.69, 9.17) is 9.47 Å². The number of thioether (sulfide) groups is 1. The highest BCUT2D eigenvalue weighted by molar-refractivity contribution is 7.98. The highest BCUT2D eigenvalue weighted by Gasteiger charge is 2.30. The standard InChI is InChI=1S/C21H23NO4S/c1-21(2,11-17(23)15-5-7-16(27-3)8-6-15)20(24)22-12-14-4-9-18-19(10-14)26-13-25-18/h4-10H,11-13H2,1-3H3,(H,22,24). The van der Waals surface area contributed by atoms with Crippen LogP contribution >= 0.6 is 11.8 Å². The molecule has 0 saturated heterocycles. The largest absolute Gasteiger partial charge is 0.454 e. The van der Waals surface area contributed by atoms with Crippen LogP contribution in [0.2, 0.25) is 0 Å². The molecule has 0 radical (unpaired) electrons. The Kier molecular flexibility index (Phi) is 5.75. The molecule has 0 saturated carbocycles. The molecule has 0 atom stereocenters. The summed E-state index contributed by atoms with van der Waals surface area (Å²) in [4.78, 5) is 26.3. The summed E-state index contributed by atoms with van der Waals surface area (Å²) in [5.41, 5.74) is 0.748. The third-order valence-corrected chi connectivity index (χ3v) is 5.26. The molecule has 0 unspecified atom stereocenters. The normalized spacial score (nSPS) is 12.7. The molecule has 0 bridgehead atoms. The average Bonchev–Trinajstić information content (AvgIpc) is 3.13. The summed E-state index contributed by atoms with van der Waals surface area (Å²) in [6, 6.07) is 13.0. The van der Waals surface area contributed by atoms with Crippen LogP contribution in [-0.2, 0) is 11.3 Å². The Labute approximate surface area is 163 Å². The highest BCUT2D eigenvalue weighted by atomic mass is 32.2. The van der Waals surface area contributed by atoms with Crippen molar-refractivity contribution in [1.29, 1.82) is 0 Å². The van der Waals surface area contributed by atoms with Gasteiger partial charge in [-0.15, -0.1) is 11.8 Å². The first-order chi connectivity index (χ1) is 12.9. The maximum Gasteiger partial charge on any atom is 0.231 e. The Morgan fingerprint density at radius 2 is 1.78 bits per heavy atom. The van der Waals surface area contributed by atoms with E-state index in [1.807, 2.05) is 48.7 Å². The van der Waals surface area contributed by atoms with Gasteiger partial charge in [0, 0.05) is 23.4 Å². The molecule has 2 aromatic carbocycles. The van der Waals surface area contributed by atoms with Gasteiger partial charge in [0.15, 0.2) is 17.3 Å². The first-order valence-corrected chi connectivity index (χ1v) is 9.95. The van der Waals surface area contributed by atoms with E-state index in [0.29, 0.717) is 23.6 Å². The number of ketones is 1. The summed E-state index contributed by atoms with van der Waals surface area (Å²) in [5.74, 6) is 1.20. The smallest absolute Gasteiger partial charge is 0.231 e. The molecular weight excluding hydrogens is 362 g/mol. The molecule has 142 valence electrons. The van der Waals surface area contributed by atoms with Gasteiger partial charge < -0.3 is 14.8 Å². The number of fused-ring (bicyclic) bond motifs is 1. The van der Waals surface area contributed by atoms with E-state index < -0.39 is 5.41 Å². The van der Waals surface area contributed by atoms with Gasteiger partial charge in [0.25, 0.3) is 0 Å². The van der Waals surface area contributed by atoms with Crippen molar-refractivity contribution in [3.05, 3.63) is 53.6 Å². The van der Waals surface area contributed by atoms with Crippen LogP contribution in [0.25, 0.3) is 0 Å². The monoisotopic (exact) mass is 385 g/mol. The molecule has 0 aromatic heterocycles. The first kappa shape index (κ1) is 19.3. The van der Waals surface area contributed by atoms with Crippen LogP contribution in [0.1, 0.15) is 36.2 Å². The van der Waals surface area contributed by atoms with Crippen molar-refractivity contribution >= 4 is 23.5 Å². The summed E-state index contributed by atoms with van der Waals surface area (Å²) in [5, 5.41) is 2.91. The van der Waals surface area contributed by atoms with E-state index in [-0.39, 0.29) is 24.9 Å². The van der Waals surface area contributed by atoms with Crippen LogP contribution in [0, 0.1) is 5.41 Å². The lowest BCUT2D eigenvalue weighted by Gasteiger charge is -2.23. The second-order valence-corrected chi connectivity index (χ2v) is 7.96. The van der Waals surface area contributed by atoms with Gasteiger partial charge in [0.05, 0.1) is 5.41 Å². The Morgan fingerprint density at radius 1 is 1.07 bits per heavy atom. The van der Waals surface area contributed by atoms with Crippen molar-refractivity contribution in [3.8, 4) is 11.5 Å². The van der Waals surface area contributed by atoms with Gasteiger partial charge in [-0.3, -0.25) is 9.59 Å². The van der Waals surface area contributed by atoms with E-state index in [0.717, 1.165) is 10.5 Å². The Balaban J connectivity index is 1.58. The second kappa shape index (κ2) is 8.05. The average molecular weight is 385 g/mol. The van der Waals surface area contributed by atoms with Crippen molar-refractivity contribution in [2.45, 2.75) is 31.7 Å². The maximum atomic E-state index is 12.6. The number of carbonyl (C=O) groups is 2. The van der Waals surface area contributed by atoms with E-state index in [1.165, 1.54) is 0 Å². The zero-order valence-corrected chi connectivity index (χ0v) is 16.5. The number of Topliss-reactive ketones (excluding diaryl/α,β-unsaturated/α-hetero) is 1. The fourth-order valence-electron chi connectivity index (χ4n) is 2.83. The maximum absolute atomic E-state index is 12.6. The minimum absolute atomic E-state index is 0.0362. The zero-order valence-electron chi connectivity index (χ0n) is 15.7. The van der Waals surface area contributed by atoms with Gasteiger partial charge in [0.1, 0.15) is 0 Å². The summed E-state index contributed by atoms with van der Waals surface area (Å²) in [7, 11) is 0. The summed E-state index contributed by atoms with van der Waals surface area (Å²) < 4.78 is 10.6. The van der Waals surface area contributed by atoms with Gasteiger partial charge in [-0.1, -0.05) is 32.0 Å². The van der Waals surface area contributed by atoms with Crippen molar-refractivity contribution in [2.24, 2.45) is 5.41 Å². The van der Waals surface area contributed by atoms with E-state index in [2.05, 4.69) is 5.32 Å². The minimum Gasteiger partial charge on any atom is -0.454 e. The number of nitrogens with one attached hydrogen (secondary N) is 1. The molecule has 1 amide bonds. The molecule has 0 spiro atoms. The molecule has 2 aromatic rings. The number of rotatable bonds is 7. The van der Waals surface area contributed by atoms with Crippen molar-refractivity contribution in [1.82, 2.24) is 5.32 Å². The summed E-state index contributed by atoms with van der Waals surface area (Å²) in [6.07, 6.45) is 2.14. The Hall–Kier alpha value is -2.47. The van der Waals surface area contributed by atoms with Gasteiger partial charge in [-0.25, -0.2) is 0 Å². The lowest BCUT2D eigenvalue weighted by Crippen LogP contribution is -2.38. The number of hydrogen-bond acceptors (Lipinski definition) is 5. The van der Waals surface area contributed by atoms with Gasteiger partial charge >= 0.3 is 0 Å². The van der Waals surface area contributed by atoms with Gasteiger partial charge in [-0.2, -0.15) is 0 Å². The fourth-order valence-corrected chi connectivity index (χ4v) is 3.24. The fraction of sp³-hybridized carbons (Fsp3) is 0.333. The number of benzene rings is 2. The SMILES string of the molecule is CSc1ccc(C(=O)CC(C)(C)C(=O)NCc2ccc3c(c2)OCO3)cc1. The molecular formula is C21H23NO4S. The third kappa shape index (κ3) is 4.63. The molecule has 5 nitrogen and oxygen atoms in total. The summed E-state index contributed by atoms with van der Waals surface area (Å²) >= 11 is 1.63. The van der Waals surface area contributed by atoms with Crippen molar-refractivity contribution in [3.63, 3.8) is 0 Å². The molecule has 0 aliphatic carbocycles. The molecule has 0 fully saturated rings. The predicted octanol–water partition coefficient (Wildman–Crippen LogP) is 4.05. The van der Waals surface area contributed by atoms with E-state index in [9.17, 15) is 9.59 Å². The third-order valence-electron chi connectivity index (χ3n) is 4.52. The van der Waals surface area contributed by atoms with Crippen LogP contribution in [0.3, 0.4) is 0 Å². The van der Waals surface area contributed by atoms with Crippen LogP contribution in [0.4, 0.5) is 0 Å². The lowest BCUT2D eigenvalue weighted by molar-refractivity contribution is -0.129.